The molecule has 1 rings (SSSR count). The lowest BCUT2D eigenvalue weighted by atomic mass is 10.1. The topological polar surface area (TPSA) is 28.0 Å². The molecule has 0 saturated carbocycles. The molecule has 0 aromatic carbocycles. The van der Waals surface area contributed by atoms with Crippen LogP contribution in [0.15, 0.2) is 22.6 Å². The molecule has 0 radical (unpaired) electrons. The summed E-state index contributed by atoms with van der Waals surface area (Å²) in [5.41, 5.74) is -0.120. The maximum absolute atomic E-state index is 4.13. The standard InChI is InChI=1S/C8H15N3/c1-7(2)11-6-5-8(3,4)9-10-11/h5-7H,1-4H3. The summed E-state index contributed by atoms with van der Waals surface area (Å²) in [5.74, 6) is 0. The van der Waals surface area contributed by atoms with E-state index in [0.29, 0.717) is 6.04 Å². The van der Waals surface area contributed by atoms with E-state index in [1.807, 2.05) is 25.1 Å². The lowest BCUT2D eigenvalue weighted by Crippen LogP contribution is -2.26. The number of nitrogens with zero attached hydrogens (tertiary/aromatic N) is 3. The monoisotopic (exact) mass is 153 g/mol. The zero-order valence-corrected chi connectivity index (χ0v) is 7.57. The van der Waals surface area contributed by atoms with Crippen LogP contribution >= 0.6 is 0 Å². The van der Waals surface area contributed by atoms with Crippen molar-refractivity contribution in [2.75, 3.05) is 0 Å². The average Bonchev–Trinajstić information content (AvgIpc) is 1.86. The van der Waals surface area contributed by atoms with Gasteiger partial charge in [-0.05, 0) is 33.8 Å². The van der Waals surface area contributed by atoms with Crippen molar-refractivity contribution < 1.29 is 0 Å². The maximum atomic E-state index is 4.13. The normalized spacial score (nSPS) is 21.4. The van der Waals surface area contributed by atoms with E-state index in [2.05, 4.69) is 30.3 Å². The van der Waals surface area contributed by atoms with Crippen LogP contribution in [0, 0.1) is 0 Å². The van der Waals surface area contributed by atoms with Gasteiger partial charge < -0.3 is 0 Å². The first-order valence-corrected chi connectivity index (χ1v) is 3.92. The van der Waals surface area contributed by atoms with Crippen LogP contribution in [0.4, 0.5) is 0 Å². The fraction of sp³-hybridized carbons (Fsp3) is 0.750. The zero-order chi connectivity index (χ0) is 8.48. The molecule has 1 aliphatic rings. The van der Waals surface area contributed by atoms with Gasteiger partial charge in [-0.1, -0.05) is 5.22 Å². The van der Waals surface area contributed by atoms with Gasteiger partial charge in [0.1, 0.15) is 0 Å². The minimum absolute atomic E-state index is 0.120. The van der Waals surface area contributed by atoms with Crippen LogP contribution in [0.5, 0.6) is 0 Å². The molecule has 62 valence electrons. The summed E-state index contributed by atoms with van der Waals surface area (Å²) in [6.07, 6.45) is 4.04. The molecule has 0 saturated heterocycles. The van der Waals surface area contributed by atoms with Gasteiger partial charge in [0.2, 0.25) is 0 Å². The first-order chi connectivity index (χ1) is 5.01. The van der Waals surface area contributed by atoms with Gasteiger partial charge in [-0.3, -0.25) is 5.01 Å². The van der Waals surface area contributed by atoms with E-state index in [1.54, 1.807) is 0 Å². The third kappa shape index (κ3) is 2.03. The third-order valence-corrected chi connectivity index (χ3v) is 1.57. The maximum Gasteiger partial charge on any atom is 0.0978 e. The molecule has 11 heavy (non-hydrogen) atoms. The molecule has 0 N–H and O–H groups in total. The van der Waals surface area contributed by atoms with Gasteiger partial charge >= 0.3 is 0 Å². The van der Waals surface area contributed by atoms with Gasteiger partial charge in [-0.15, -0.1) is 0 Å². The zero-order valence-electron chi connectivity index (χ0n) is 7.57. The van der Waals surface area contributed by atoms with E-state index in [1.165, 1.54) is 0 Å². The predicted molar refractivity (Wildman–Crippen MR) is 45.1 cm³/mol. The highest BCUT2D eigenvalue weighted by Crippen LogP contribution is 2.18. The Morgan fingerprint density at radius 1 is 1.36 bits per heavy atom. The van der Waals surface area contributed by atoms with Crippen molar-refractivity contribution in [1.82, 2.24) is 5.01 Å². The van der Waals surface area contributed by atoms with Crippen LogP contribution in [0.2, 0.25) is 0 Å². The van der Waals surface area contributed by atoms with E-state index >= 15 is 0 Å². The summed E-state index contributed by atoms with van der Waals surface area (Å²) in [6, 6.07) is 0.395. The van der Waals surface area contributed by atoms with E-state index in [-0.39, 0.29) is 5.54 Å². The second-order valence-corrected chi connectivity index (χ2v) is 3.63. The fourth-order valence-corrected chi connectivity index (χ4v) is 0.764. The Balaban J connectivity index is 2.65. The van der Waals surface area contributed by atoms with Crippen LogP contribution < -0.4 is 0 Å². The Bertz CT molecular complexity index is 176. The second kappa shape index (κ2) is 2.64. The predicted octanol–water partition coefficient (Wildman–Crippen LogP) is 2.37. The van der Waals surface area contributed by atoms with Crippen molar-refractivity contribution >= 4 is 0 Å². The second-order valence-electron chi connectivity index (χ2n) is 3.63. The molecule has 0 aromatic heterocycles. The van der Waals surface area contributed by atoms with Crippen LogP contribution in [0.3, 0.4) is 0 Å². The van der Waals surface area contributed by atoms with Crippen LogP contribution in [-0.4, -0.2) is 16.6 Å². The highest BCUT2D eigenvalue weighted by atomic mass is 15.6. The molecule has 0 aromatic rings. The van der Waals surface area contributed by atoms with E-state index in [4.69, 9.17) is 0 Å². The third-order valence-electron chi connectivity index (χ3n) is 1.57. The molecule has 0 bridgehead atoms. The summed E-state index contributed by atoms with van der Waals surface area (Å²) < 4.78 is 0. The van der Waals surface area contributed by atoms with Gasteiger partial charge in [0.05, 0.1) is 5.54 Å². The van der Waals surface area contributed by atoms with Crippen LogP contribution in [-0.2, 0) is 0 Å². The van der Waals surface area contributed by atoms with Gasteiger partial charge in [-0.25, -0.2) is 0 Å². The first-order valence-electron chi connectivity index (χ1n) is 3.92. The first kappa shape index (κ1) is 8.24. The molecule has 0 amide bonds. The summed E-state index contributed by atoms with van der Waals surface area (Å²) in [4.78, 5) is 0. The molecule has 1 heterocycles. The smallest absolute Gasteiger partial charge is 0.0978 e. The minimum Gasteiger partial charge on any atom is -0.252 e. The lowest BCUT2D eigenvalue weighted by Gasteiger charge is -2.25. The van der Waals surface area contributed by atoms with Gasteiger partial charge in [0.25, 0.3) is 0 Å². The van der Waals surface area contributed by atoms with Crippen molar-refractivity contribution in [3.8, 4) is 0 Å². The van der Waals surface area contributed by atoms with Crippen molar-refractivity contribution in [3.63, 3.8) is 0 Å². The molecule has 0 aliphatic carbocycles. The average molecular weight is 153 g/mol. The Hall–Kier alpha value is -0.860. The van der Waals surface area contributed by atoms with Crippen molar-refractivity contribution in [3.05, 3.63) is 12.3 Å². The lowest BCUT2D eigenvalue weighted by molar-refractivity contribution is 0.274. The molecule has 0 spiro atoms. The molecule has 3 heteroatoms. The molecule has 3 nitrogen and oxygen atoms in total. The highest BCUT2D eigenvalue weighted by molar-refractivity contribution is 5.02. The summed E-state index contributed by atoms with van der Waals surface area (Å²) in [7, 11) is 0. The van der Waals surface area contributed by atoms with Crippen LogP contribution in [0.25, 0.3) is 0 Å². The van der Waals surface area contributed by atoms with Gasteiger partial charge in [0, 0.05) is 12.2 Å². The van der Waals surface area contributed by atoms with Gasteiger partial charge in [0.15, 0.2) is 0 Å². The molecule has 0 atom stereocenters. The minimum atomic E-state index is -0.120. The molecular formula is C8H15N3. The summed E-state index contributed by atoms with van der Waals surface area (Å²) in [5, 5.41) is 10.0. The van der Waals surface area contributed by atoms with Gasteiger partial charge in [-0.2, -0.15) is 5.11 Å². The van der Waals surface area contributed by atoms with Crippen LogP contribution in [0.1, 0.15) is 27.7 Å². The van der Waals surface area contributed by atoms with Crippen molar-refractivity contribution in [1.29, 1.82) is 0 Å². The van der Waals surface area contributed by atoms with E-state index in [9.17, 15) is 0 Å². The Labute approximate surface area is 67.8 Å². The quantitative estimate of drug-likeness (QED) is 0.568. The van der Waals surface area contributed by atoms with E-state index < -0.39 is 0 Å². The SMILES string of the molecule is CC(C)N1C=CC(C)(C)N=N1. The Morgan fingerprint density at radius 2 is 2.00 bits per heavy atom. The van der Waals surface area contributed by atoms with E-state index in [0.717, 1.165) is 0 Å². The summed E-state index contributed by atoms with van der Waals surface area (Å²) >= 11 is 0. The largest absolute Gasteiger partial charge is 0.252 e. The Morgan fingerprint density at radius 3 is 2.36 bits per heavy atom. The molecule has 0 fully saturated rings. The molecular weight excluding hydrogens is 138 g/mol. The molecule has 0 unspecified atom stereocenters. The number of hydrogen-bond acceptors (Lipinski definition) is 3. The number of rotatable bonds is 1. The highest BCUT2D eigenvalue weighted by Gasteiger charge is 2.17. The van der Waals surface area contributed by atoms with Crippen molar-refractivity contribution in [2.45, 2.75) is 39.3 Å². The summed E-state index contributed by atoms with van der Waals surface area (Å²) in [6.45, 7) is 8.23. The number of hydrogen-bond donors (Lipinski definition) is 0. The Kier molecular flexibility index (Phi) is 1.98. The van der Waals surface area contributed by atoms with Crippen molar-refractivity contribution in [2.24, 2.45) is 10.3 Å². The molecule has 1 aliphatic heterocycles. The fourth-order valence-electron chi connectivity index (χ4n) is 0.764.